The molecule has 0 aromatic carbocycles. The van der Waals surface area contributed by atoms with Gasteiger partial charge >= 0.3 is 5.97 Å². The number of carboxylic acids is 1. The first-order chi connectivity index (χ1) is 7.68. The third-order valence-electron chi connectivity index (χ3n) is 1.71. The second kappa shape index (κ2) is 16.8. The van der Waals surface area contributed by atoms with Gasteiger partial charge in [-0.3, -0.25) is 4.79 Å². The number of ether oxygens (including phenoxy) is 2. The molecule has 0 aliphatic rings. The van der Waals surface area contributed by atoms with Crippen molar-refractivity contribution in [1.82, 2.24) is 5.32 Å². The van der Waals surface area contributed by atoms with Crippen LogP contribution >= 0.6 is 0 Å². The molecule has 2 N–H and O–H groups in total. The number of carboxylic acid groups (broad SMARTS) is 1. The summed E-state index contributed by atoms with van der Waals surface area (Å²) in [6.45, 7) is 5.32. The molecule has 0 saturated carbocycles. The van der Waals surface area contributed by atoms with E-state index in [1.807, 2.05) is 6.92 Å². The van der Waals surface area contributed by atoms with E-state index in [2.05, 4.69) is 5.32 Å². The Morgan fingerprint density at radius 3 is 1.94 bits per heavy atom. The largest absolute Gasteiger partial charge is 0.481 e. The Kier molecular flexibility index (Phi) is 18.6. The molecule has 0 aromatic heterocycles. The molecule has 0 heterocycles. The smallest absolute Gasteiger partial charge is 0.303 e. The number of hydrogen-bond acceptors (Lipinski definition) is 4. The molecule has 0 amide bonds. The summed E-state index contributed by atoms with van der Waals surface area (Å²) in [6, 6.07) is 0. The molecule has 0 saturated heterocycles. The number of methoxy groups -OCH3 is 2. The average Bonchev–Trinajstić information content (AvgIpc) is 2.27. The summed E-state index contributed by atoms with van der Waals surface area (Å²) in [4.78, 5) is 9.76. The van der Waals surface area contributed by atoms with Crippen LogP contribution in [-0.4, -0.2) is 51.6 Å². The van der Waals surface area contributed by atoms with Gasteiger partial charge in [0.1, 0.15) is 0 Å². The molecule has 0 fully saturated rings. The number of nitrogens with one attached hydrogen (secondary N) is 1. The molecule has 0 bridgehead atoms. The lowest BCUT2D eigenvalue weighted by atomic mass is 10.3. The summed E-state index contributed by atoms with van der Waals surface area (Å²) < 4.78 is 9.64. The summed E-state index contributed by atoms with van der Waals surface area (Å²) >= 11 is 0. The normalized spacial score (nSPS) is 9.44. The monoisotopic (exact) mass is 235 g/mol. The minimum absolute atomic E-state index is 0.316. The van der Waals surface area contributed by atoms with Gasteiger partial charge in [0.25, 0.3) is 0 Å². The fourth-order valence-electron chi connectivity index (χ4n) is 0.801. The quantitative estimate of drug-likeness (QED) is 0.586. The maximum atomic E-state index is 9.76. The van der Waals surface area contributed by atoms with Crippen molar-refractivity contribution in [3.63, 3.8) is 0 Å². The Bertz CT molecular complexity index is 136. The van der Waals surface area contributed by atoms with Crippen LogP contribution in [0.2, 0.25) is 0 Å². The van der Waals surface area contributed by atoms with E-state index in [0.29, 0.717) is 6.42 Å². The summed E-state index contributed by atoms with van der Waals surface area (Å²) in [6.07, 6.45) is 2.08. The molecule has 5 heteroatoms. The minimum atomic E-state index is -0.693. The molecule has 0 radical (unpaired) electrons. The van der Waals surface area contributed by atoms with Gasteiger partial charge in [0.05, 0.1) is 13.2 Å². The van der Waals surface area contributed by atoms with Crippen LogP contribution in [0.25, 0.3) is 0 Å². The summed E-state index contributed by atoms with van der Waals surface area (Å²) in [7, 11) is 3.38. The zero-order valence-electron chi connectivity index (χ0n) is 10.6. The SMILES string of the molecule is CCCCC(=O)O.COCCNCCOC. The lowest BCUT2D eigenvalue weighted by Gasteiger charge is -2.01. The van der Waals surface area contributed by atoms with Crippen molar-refractivity contribution in [2.45, 2.75) is 26.2 Å². The average molecular weight is 235 g/mol. The molecule has 5 nitrogen and oxygen atoms in total. The van der Waals surface area contributed by atoms with E-state index in [4.69, 9.17) is 14.6 Å². The van der Waals surface area contributed by atoms with Crippen LogP contribution in [0, 0.1) is 0 Å². The van der Waals surface area contributed by atoms with Gasteiger partial charge < -0.3 is 19.9 Å². The van der Waals surface area contributed by atoms with Crippen molar-refractivity contribution >= 4 is 5.97 Å². The molecular formula is C11H25NO4. The van der Waals surface area contributed by atoms with Crippen LogP contribution in [0.1, 0.15) is 26.2 Å². The Labute approximate surface area is 98.1 Å². The molecule has 98 valence electrons. The zero-order chi connectivity index (χ0) is 12.6. The Morgan fingerprint density at radius 2 is 1.69 bits per heavy atom. The van der Waals surface area contributed by atoms with Crippen LogP contribution in [0.3, 0.4) is 0 Å². The standard InChI is InChI=1S/C6H15NO2.C5H10O2/c1-8-5-3-7-4-6-9-2;1-2-3-4-5(6)7/h7H,3-6H2,1-2H3;2-4H2,1H3,(H,6,7). The van der Waals surface area contributed by atoms with Crippen LogP contribution < -0.4 is 5.32 Å². The summed E-state index contributed by atoms with van der Waals surface area (Å²) in [5, 5.41) is 11.2. The number of unbranched alkanes of at least 4 members (excludes halogenated alkanes) is 1. The number of rotatable bonds is 9. The van der Waals surface area contributed by atoms with Gasteiger partial charge in [-0.1, -0.05) is 13.3 Å². The van der Waals surface area contributed by atoms with Crippen molar-refractivity contribution in [3.05, 3.63) is 0 Å². The molecule has 0 atom stereocenters. The van der Waals surface area contributed by atoms with Crippen molar-refractivity contribution in [3.8, 4) is 0 Å². The van der Waals surface area contributed by atoms with E-state index in [0.717, 1.165) is 39.1 Å². The first kappa shape index (κ1) is 17.7. The number of aliphatic carboxylic acids is 1. The summed E-state index contributed by atoms with van der Waals surface area (Å²) in [5.41, 5.74) is 0. The molecule has 0 spiro atoms. The van der Waals surface area contributed by atoms with Crippen LogP contribution in [0.4, 0.5) is 0 Å². The molecule has 0 aromatic rings. The van der Waals surface area contributed by atoms with Crippen molar-refractivity contribution in [1.29, 1.82) is 0 Å². The van der Waals surface area contributed by atoms with E-state index < -0.39 is 5.97 Å². The van der Waals surface area contributed by atoms with Gasteiger partial charge in [-0.05, 0) is 6.42 Å². The van der Waals surface area contributed by atoms with E-state index in [9.17, 15) is 4.79 Å². The predicted molar refractivity (Wildman–Crippen MR) is 63.8 cm³/mol. The highest BCUT2D eigenvalue weighted by atomic mass is 16.5. The topological polar surface area (TPSA) is 67.8 Å². The van der Waals surface area contributed by atoms with Crippen LogP contribution in [-0.2, 0) is 14.3 Å². The van der Waals surface area contributed by atoms with Crippen molar-refractivity contribution in [2.24, 2.45) is 0 Å². The maximum absolute atomic E-state index is 9.76. The second-order valence-electron chi connectivity index (χ2n) is 3.23. The zero-order valence-corrected chi connectivity index (χ0v) is 10.6. The number of hydrogen-bond donors (Lipinski definition) is 2. The predicted octanol–water partition coefficient (Wildman–Crippen LogP) is 1.13. The van der Waals surface area contributed by atoms with E-state index in [1.54, 1.807) is 14.2 Å². The lowest BCUT2D eigenvalue weighted by molar-refractivity contribution is -0.137. The van der Waals surface area contributed by atoms with Gasteiger partial charge in [0.15, 0.2) is 0 Å². The Morgan fingerprint density at radius 1 is 1.19 bits per heavy atom. The van der Waals surface area contributed by atoms with Gasteiger partial charge in [0.2, 0.25) is 0 Å². The third kappa shape index (κ3) is 23.3. The first-order valence-electron chi connectivity index (χ1n) is 5.59. The highest BCUT2D eigenvalue weighted by molar-refractivity contribution is 5.66. The van der Waals surface area contributed by atoms with E-state index in [-0.39, 0.29) is 0 Å². The fraction of sp³-hybridized carbons (Fsp3) is 0.909. The molecule has 0 aliphatic carbocycles. The molecule has 16 heavy (non-hydrogen) atoms. The fourth-order valence-corrected chi connectivity index (χ4v) is 0.801. The molecule has 0 aliphatic heterocycles. The van der Waals surface area contributed by atoms with Crippen molar-refractivity contribution < 1.29 is 19.4 Å². The Balaban J connectivity index is 0. The maximum Gasteiger partial charge on any atom is 0.303 e. The van der Waals surface area contributed by atoms with Crippen molar-refractivity contribution in [2.75, 3.05) is 40.5 Å². The van der Waals surface area contributed by atoms with Gasteiger partial charge in [-0.25, -0.2) is 0 Å². The minimum Gasteiger partial charge on any atom is -0.481 e. The highest BCUT2D eigenvalue weighted by Crippen LogP contribution is 1.91. The van der Waals surface area contributed by atoms with E-state index in [1.165, 1.54) is 0 Å². The van der Waals surface area contributed by atoms with E-state index >= 15 is 0 Å². The van der Waals surface area contributed by atoms with Crippen LogP contribution in [0.15, 0.2) is 0 Å². The third-order valence-corrected chi connectivity index (χ3v) is 1.71. The second-order valence-corrected chi connectivity index (χ2v) is 3.23. The highest BCUT2D eigenvalue weighted by Gasteiger charge is 1.90. The molecule has 0 rings (SSSR count). The summed E-state index contributed by atoms with van der Waals surface area (Å²) in [5.74, 6) is -0.693. The number of carbonyl (C=O) groups is 1. The van der Waals surface area contributed by atoms with Gasteiger partial charge in [-0.15, -0.1) is 0 Å². The van der Waals surface area contributed by atoms with Crippen LogP contribution in [0.5, 0.6) is 0 Å². The molecule has 0 unspecified atom stereocenters. The van der Waals surface area contributed by atoms with Gasteiger partial charge in [0, 0.05) is 33.7 Å². The first-order valence-corrected chi connectivity index (χ1v) is 5.59. The lowest BCUT2D eigenvalue weighted by Crippen LogP contribution is -2.23. The Hall–Kier alpha value is -0.650. The van der Waals surface area contributed by atoms with Gasteiger partial charge in [-0.2, -0.15) is 0 Å². The molecular weight excluding hydrogens is 210 g/mol.